The molecule has 0 bridgehead atoms. The molecule has 0 amide bonds. The van der Waals surface area contributed by atoms with Crippen LogP contribution in [-0.4, -0.2) is 35.1 Å². The Morgan fingerprint density at radius 2 is 2.44 bits per heavy atom. The van der Waals surface area contributed by atoms with Crippen LogP contribution >= 0.6 is 22.6 Å². The summed E-state index contributed by atoms with van der Waals surface area (Å²) in [7, 11) is 0. The van der Waals surface area contributed by atoms with Gasteiger partial charge in [0, 0.05) is 0 Å². The molecule has 0 aromatic heterocycles. The van der Waals surface area contributed by atoms with Gasteiger partial charge in [-0.2, -0.15) is 0 Å². The van der Waals surface area contributed by atoms with Crippen LogP contribution < -0.4 is 0 Å². The lowest BCUT2D eigenvalue weighted by atomic mass is 10.4. The maximum absolute atomic E-state index is 8.57. The van der Waals surface area contributed by atoms with E-state index in [1.54, 1.807) is 0 Å². The van der Waals surface area contributed by atoms with E-state index in [0.717, 1.165) is 4.43 Å². The average Bonchev–Trinajstić information content (AvgIpc) is 2.34. The van der Waals surface area contributed by atoms with Crippen molar-refractivity contribution < 1.29 is 14.6 Å². The summed E-state index contributed by atoms with van der Waals surface area (Å²) in [6.45, 7) is 0.595. The highest BCUT2D eigenvalue weighted by Crippen LogP contribution is 2.12. The zero-order valence-electron chi connectivity index (χ0n) is 4.92. The molecule has 0 aromatic rings. The number of hydrogen-bond donors (Lipinski definition) is 1. The largest absolute Gasteiger partial charge is 0.394 e. The maximum atomic E-state index is 8.57. The fraction of sp³-hybridized carbons (Fsp3) is 1.00. The number of hydrogen-bond acceptors (Lipinski definition) is 3. The number of aliphatic hydroxyl groups is 1. The Morgan fingerprint density at radius 3 is 2.78 bits per heavy atom. The van der Waals surface area contributed by atoms with Crippen molar-refractivity contribution in [1.82, 2.24) is 0 Å². The number of alkyl halides is 1. The molecule has 1 aliphatic heterocycles. The third-order valence-electron chi connectivity index (χ3n) is 1.14. The molecule has 0 radical (unpaired) electrons. The molecule has 1 aliphatic rings. The second-order valence-electron chi connectivity index (χ2n) is 1.86. The van der Waals surface area contributed by atoms with Gasteiger partial charge in [-0.1, -0.05) is 22.6 Å². The van der Waals surface area contributed by atoms with Gasteiger partial charge >= 0.3 is 0 Å². The SMILES string of the molecule is OC[C@H]1CO[C@@H](CI)O1. The Labute approximate surface area is 67.5 Å². The topological polar surface area (TPSA) is 38.7 Å². The van der Waals surface area contributed by atoms with Crippen molar-refractivity contribution in [2.75, 3.05) is 17.6 Å². The minimum absolute atomic E-state index is 0.0626. The van der Waals surface area contributed by atoms with Crippen molar-refractivity contribution in [3.63, 3.8) is 0 Å². The van der Waals surface area contributed by atoms with Crippen molar-refractivity contribution in [3.05, 3.63) is 0 Å². The van der Waals surface area contributed by atoms with Gasteiger partial charge in [0.05, 0.1) is 17.6 Å². The first kappa shape index (κ1) is 7.71. The van der Waals surface area contributed by atoms with E-state index >= 15 is 0 Å². The molecular formula is C5H9IO3. The molecule has 0 saturated carbocycles. The summed E-state index contributed by atoms with van der Waals surface area (Å²) in [5.41, 5.74) is 0. The maximum Gasteiger partial charge on any atom is 0.167 e. The van der Waals surface area contributed by atoms with Crippen LogP contribution in [0.25, 0.3) is 0 Å². The Morgan fingerprint density at radius 1 is 1.67 bits per heavy atom. The van der Waals surface area contributed by atoms with Gasteiger partial charge in [0.15, 0.2) is 6.29 Å². The highest BCUT2D eigenvalue weighted by molar-refractivity contribution is 14.1. The van der Waals surface area contributed by atoms with E-state index in [9.17, 15) is 0 Å². The third-order valence-corrected chi connectivity index (χ3v) is 1.86. The van der Waals surface area contributed by atoms with E-state index in [0.29, 0.717) is 6.61 Å². The lowest BCUT2D eigenvalue weighted by Gasteiger charge is -2.04. The number of ether oxygens (including phenoxy) is 2. The molecule has 4 heteroatoms. The van der Waals surface area contributed by atoms with E-state index in [-0.39, 0.29) is 19.0 Å². The van der Waals surface area contributed by atoms with Crippen molar-refractivity contribution >= 4 is 22.6 Å². The lowest BCUT2D eigenvalue weighted by Crippen LogP contribution is -2.16. The van der Waals surface area contributed by atoms with Crippen molar-refractivity contribution in [2.24, 2.45) is 0 Å². The number of aliphatic hydroxyl groups excluding tert-OH is 1. The minimum atomic E-state index is -0.0947. The summed E-state index contributed by atoms with van der Waals surface area (Å²) in [4.78, 5) is 0. The van der Waals surface area contributed by atoms with Gasteiger partial charge in [0.2, 0.25) is 0 Å². The summed E-state index contributed by atoms with van der Waals surface area (Å²) in [6.07, 6.45) is -0.187. The van der Waals surface area contributed by atoms with Crippen LogP contribution in [0.15, 0.2) is 0 Å². The van der Waals surface area contributed by atoms with Crippen LogP contribution in [0.2, 0.25) is 0 Å². The smallest absolute Gasteiger partial charge is 0.167 e. The summed E-state index contributed by atoms with van der Waals surface area (Å²) >= 11 is 2.18. The molecule has 9 heavy (non-hydrogen) atoms. The monoisotopic (exact) mass is 244 g/mol. The predicted molar refractivity (Wildman–Crippen MR) is 40.6 cm³/mol. The Hall–Kier alpha value is 0.610. The second kappa shape index (κ2) is 3.70. The van der Waals surface area contributed by atoms with E-state index in [1.165, 1.54) is 0 Å². The molecule has 0 aromatic carbocycles. The highest BCUT2D eigenvalue weighted by Gasteiger charge is 2.23. The summed E-state index contributed by atoms with van der Waals surface area (Å²) in [6, 6.07) is 0. The average molecular weight is 244 g/mol. The highest BCUT2D eigenvalue weighted by atomic mass is 127. The quantitative estimate of drug-likeness (QED) is 0.555. The number of halogens is 1. The minimum Gasteiger partial charge on any atom is -0.394 e. The van der Waals surface area contributed by atoms with Crippen LogP contribution in [0, 0.1) is 0 Å². The molecule has 0 unspecified atom stereocenters. The molecular weight excluding hydrogens is 235 g/mol. The van der Waals surface area contributed by atoms with Crippen molar-refractivity contribution in [1.29, 1.82) is 0 Å². The second-order valence-corrected chi connectivity index (χ2v) is 2.74. The van der Waals surface area contributed by atoms with Crippen LogP contribution in [-0.2, 0) is 9.47 Å². The van der Waals surface area contributed by atoms with Crippen LogP contribution in [0.1, 0.15) is 0 Å². The summed E-state index contributed by atoms with van der Waals surface area (Å²) in [5.74, 6) is 0. The third kappa shape index (κ3) is 2.03. The van der Waals surface area contributed by atoms with Gasteiger partial charge in [0.1, 0.15) is 6.10 Å². The molecule has 0 spiro atoms. The zero-order chi connectivity index (χ0) is 6.69. The van der Waals surface area contributed by atoms with E-state index in [1.807, 2.05) is 0 Å². The molecule has 1 saturated heterocycles. The molecule has 1 heterocycles. The van der Waals surface area contributed by atoms with E-state index in [4.69, 9.17) is 14.6 Å². The van der Waals surface area contributed by atoms with Crippen molar-refractivity contribution in [3.8, 4) is 0 Å². The Bertz CT molecular complexity index is 78.3. The summed E-state index contributed by atoms with van der Waals surface area (Å²) < 4.78 is 11.1. The van der Waals surface area contributed by atoms with Gasteiger partial charge in [-0.15, -0.1) is 0 Å². The first-order valence-electron chi connectivity index (χ1n) is 2.80. The fourth-order valence-corrected chi connectivity index (χ4v) is 1.15. The van der Waals surface area contributed by atoms with Crippen LogP contribution in [0.4, 0.5) is 0 Å². The molecule has 3 nitrogen and oxygen atoms in total. The zero-order valence-corrected chi connectivity index (χ0v) is 7.08. The Kier molecular flexibility index (Phi) is 3.17. The molecule has 1 rings (SSSR count). The predicted octanol–water partition coefficient (Wildman–Crippen LogP) is 0.155. The van der Waals surface area contributed by atoms with Gasteiger partial charge in [-0.3, -0.25) is 0 Å². The summed E-state index contributed by atoms with van der Waals surface area (Å²) in [5, 5.41) is 8.57. The van der Waals surface area contributed by atoms with Crippen LogP contribution in [0.3, 0.4) is 0 Å². The molecule has 1 N–H and O–H groups in total. The van der Waals surface area contributed by atoms with Crippen molar-refractivity contribution in [2.45, 2.75) is 12.4 Å². The van der Waals surface area contributed by atoms with Gasteiger partial charge < -0.3 is 14.6 Å². The molecule has 54 valence electrons. The van der Waals surface area contributed by atoms with Gasteiger partial charge in [0.25, 0.3) is 0 Å². The lowest BCUT2D eigenvalue weighted by molar-refractivity contribution is -0.0450. The standard InChI is InChI=1S/C5H9IO3/c6-1-5-8-3-4(2-7)9-5/h4-5,7H,1-3H2/t4-,5+/m0/s1. The first-order chi connectivity index (χ1) is 4.36. The molecule has 1 fully saturated rings. The van der Waals surface area contributed by atoms with Crippen LogP contribution in [0.5, 0.6) is 0 Å². The normalized spacial score (nSPS) is 35.3. The fourth-order valence-electron chi connectivity index (χ4n) is 0.685. The molecule has 0 aliphatic carbocycles. The first-order valence-corrected chi connectivity index (χ1v) is 4.33. The molecule has 2 atom stereocenters. The Balaban J connectivity index is 2.20. The van der Waals surface area contributed by atoms with E-state index < -0.39 is 0 Å². The van der Waals surface area contributed by atoms with Gasteiger partial charge in [-0.05, 0) is 0 Å². The van der Waals surface area contributed by atoms with Gasteiger partial charge in [-0.25, -0.2) is 0 Å². The number of rotatable bonds is 2. The van der Waals surface area contributed by atoms with E-state index in [2.05, 4.69) is 22.6 Å².